The second-order valence-electron chi connectivity index (χ2n) is 10.1. The number of carbonyl (C=O) groups is 1. The Morgan fingerprint density at radius 2 is 1.57 bits per heavy atom. The number of hydrogen-bond acceptors (Lipinski definition) is 3. The summed E-state index contributed by atoms with van der Waals surface area (Å²) in [6.07, 6.45) is 8.17. The Balaban J connectivity index is 0.00000156. The van der Waals surface area contributed by atoms with Gasteiger partial charge in [-0.1, -0.05) is 69.3 Å². The van der Waals surface area contributed by atoms with Crippen LogP contribution in [0.2, 0.25) is 0 Å². The largest absolute Gasteiger partial charge is 0.345 e. The summed E-state index contributed by atoms with van der Waals surface area (Å²) in [5.41, 5.74) is 6.53. The fourth-order valence-electron chi connectivity index (χ4n) is 5.08. The lowest BCUT2D eigenvalue weighted by molar-refractivity contribution is -0.137. The van der Waals surface area contributed by atoms with Gasteiger partial charge in [-0.05, 0) is 46.9 Å². The molecule has 3 heterocycles. The third-order valence-corrected chi connectivity index (χ3v) is 6.94. The number of carbonyl (C=O) groups excluding carboxylic acids is 1. The van der Waals surface area contributed by atoms with Crippen molar-refractivity contribution in [3.8, 4) is 33.6 Å². The fourth-order valence-corrected chi connectivity index (χ4v) is 5.08. The predicted molar refractivity (Wildman–Crippen MR) is 151 cm³/mol. The van der Waals surface area contributed by atoms with Crippen LogP contribution in [0.4, 0.5) is 0 Å². The van der Waals surface area contributed by atoms with E-state index >= 15 is 0 Å². The van der Waals surface area contributed by atoms with Gasteiger partial charge in [0, 0.05) is 13.0 Å². The maximum absolute atomic E-state index is 13.0. The van der Waals surface area contributed by atoms with Crippen molar-refractivity contribution < 1.29 is 4.79 Å². The fraction of sp³-hybridized carbons (Fsp3) is 0.323. The average Bonchev–Trinajstić information content (AvgIpc) is 3.63. The minimum absolute atomic E-state index is 0.0106. The molecule has 1 saturated heterocycles. The maximum Gasteiger partial charge on any atom is 0.223 e. The summed E-state index contributed by atoms with van der Waals surface area (Å²) in [6.45, 7) is 13.2. The summed E-state index contributed by atoms with van der Waals surface area (Å²) in [7, 11) is 0. The van der Waals surface area contributed by atoms with Crippen LogP contribution in [0.15, 0.2) is 80.4 Å². The van der Waals surface area contributed by atoms with Crippen molar-refractivity contribution in [2.45, 2.75) is 46.1 Å². The molecule has 0 saturated carbocycles. The van der Waals surface area contributed by atoms with Gasteiger partial charge in [-0.15, -0.1) is 13.2 Å². The Morgan fingerprint density at radius 1 is 0.973 bits per heavy atom. The maximum atomic E-state index is 13.0. The Labute approximate surface area is 219 Å². The van der Waals surface area contributed by atoms with Crippen molar-refractivity contribution in [2.24, 2.45) is 11.8 Å². The van der Waals surface area contributed by atoms with Gasteiger partial charge in [-0.25, -0.2) is 9.97 Å². The zero-order valence-corrected chi connectivity index (χ0v) is 22.1. The van der Waals surface area contributed by atoms with Gasteiger partial charge in [-0.3, -0.25) is 4.79 Å². The standard InChI is InChI=1S/C29H33N5O.C2H4/c1-19(2)15-27(35)34-14-4-5-20(3)28(34)29-31-17-26(33-29)24-12-8-22(9-13-24)21-6-10-23(11-7-21)25-16-30-18-32-25;1-2/h6-13,16-20,28H,4-5,14-15H2,1-3H3,(H,30,32)(H,31,33);1-2H2/t20?,28-;/m0./s1. The molecule has 2 aromatic carbocycles. The van der Waals surface area contributed by atoms with Gasteiger partial charge in [0.05, 0.1) is 36.2 Å². The molecular weight excluding hydrogens is 458 g/mol. The van der Waals surface area contributed by atoms with E-state index in [4.69, 9.17) is 4.98 Å². The number of benzene rings is 2. The molecule has 0 aliphatic carbocycles. The lowest BCUT2D eigenvalue weighted by Crippen LogP contribution is -2.42. The number of rotatable bonds is 6. The van der Waals surface area contributed by atoms with Gasteiger partial charge < -0.3 is 14.9 Å². The van der Waals surface area contributed by atoms with E-state index in [-0.39, 0.29) is 11.9 Å². The van der Waals surface area contributed by atoms with Crippen LogP contribution >= 0.6 is 0 Å². The van der Waals surface area contributed by atoms with Crippen molar-refractivity contribution >= 4 is 5.91 Å². The van der Waals surface area contributed by atoms with E-state index in [1.807, 2.05) is 17.3 Å². The van der Waals surface area contributed by atoms with Crippen LogP contribution in [0.25, 0.3) is 33.6 Å². The number of nitrogens with zero attached hydrogens (tertiary/aromatic N) is 3. The monoisotopic (exact) mass is 495 g/mol. The Bertz CT molecular complexity index is 1270. The lowest BCUT2D eigenvalue weighted by Gasteiger charge is -2.39. The first kappa shape index (κ1) is 26.1. The van der Waals surface area contributed by atoms with Crippen molar-refractivity contribution in [1.29, 1.82) is 0 Å². The number of likely N-dealkylation sites (tertiary alicyclic amines) is 1. The summed E-state index contributed by atoms with van der Waals surface area (Å²) in [4.78, 5) is 30.5. The van der Waals surface area contributed by atoms with E-state index in [0.717, 1.165) is 53.3 Å². The molecule has 2 aromatic heterocycles. The first-order valence-electron chi connectivity index (χ1n) is 13.0. The smallest absolute Gasteiger partial charge is 0.223 e. The zero-order chi connectivity index (χ0) is 26.4. The molecule has 1 aliphatic heterocycles. The average molecular weight is 496 g/mol. The number of piperidine rings is 1. The number of aromatic nitrogens is 4. The quantitative estimate of drug-likeness (QED) is 0.276. The van der Waals surface area contributed by atoms with Crippen LogP contribution in [0, 0.1) is 11.8 Å². The number of nitrogens with one attached hydrogen (secondary N) is 2. The normalized spacial score (nSPS) is 17.4. The molecule has 2 atom stereocenters. The van der Waals surface area contributed by atoms with Crippen molar-refractivity contribution in [1.82, 2.24) is 24.8 Å². The van der Waals surface area contributed by atoms with E-state index in [2.05, 4.69) is 97.4 Å². The number of amides is 1. The minimum atomic E-state index is 0.0106. The van der Waals surface area contributed by atoms with E-state index in [1.54, 1.807) is 6.33 Å². The molecule has 37 heavy (non-hydrogen) atoms. The Morgan fingerprint density at radius 3 is 2.14 bits per heavy atom. The molecule has 6 nitrogen and oxygen atoms in total. The van der Waals surface area contributed by atoms with Gasteiger partial charge >= 0.3 is 0 Å². The Hall–Kier alpha value is -3.93. The van der Waals surface area contributed by atoms with Crippen molar-refractivity contribution in [3.05, 3.63) is 86.2 Å². The SMILES string of the molecule is C=C.CC(C)CC(=O)N1CCCC(C)[C@H]1c1ncc(-c2ccc(-c3ccc(-c4cnc[nH]4)cc3)cc2)[nH]1. The van der Waals surface area contributed by atoms with E-state index < -0.39 is 0 Å². The highest BCUT2D eigenvalue weighted by Crippen LogP contribution is 2.36. The van der Waals surface area contributed by atoms with Crippen LogP contribution in [-0.2, 0) is 4.79 Å². The molecule has 4 aromatic rings. The van der Waals surface area contributed by atoms with Crippen LogP contribution < -0.4 is 0 Å². The first-order valence-corrected chi connectivity index (χ1v) is 13.0. The van der Waals surface area contributed by atoms with E-state index in [0.29, 0.717) is 18.3 Å². The van der Waals surface area contributed by atoms with Crippen LogP contribution in [0.5, 0.6) is 0 Å². The third kappa shape index (κ3) is 5.91. The van der Waals surface area contributed by atoms with Gasteiger partial charge in [0.1, 0.15) is 5.82 Å². The first-order chi connectivity index (χ1) is 18.0. The van der Waals surface area contributed by atoms with Crippen LogP contribution in [0.1, 0.15) is 51.9 Å². The second kappa shape index (κ2) is 11.9. The highest BCUT2D eigenvalue weighted by molar-refractivity contribution is 5.77. The van der Waals surface area contributed by atoms with Gasteiger partial charge in [0.2, 0.25) is 5.91 Å². The second-order valence-corrected chi connectivity index (χ2v) is 10.1. The summed E-state index contributed by atoms with van der Waals surface area (Å²) in [5, 5.41) is 0. The molecule has 1 amide bonds. The van der Waals surface area contributed by atoms with Crippen LogP contribution in [0.3, 0.4) is 0 Å². The molecule has 1 unspecified atom stereocenters. The summed E-state index contributed by atoms with van der Waals surface area (Å²) in [6, 6.07) is 17.0. The van der Waals surface area contributed by atoms with Crippen molar-refractivity contribution in [3.63, 3.8) is 0 Å². The molecule has 5 rings (SSSR count). The molecule has 2 N–H and O–H groups in total. The molecule has 192 valence electrons. The lowest BCUT2D eigenvalue weighted by atomic mass is 9.89. The predicted octanol–water partition coefficient (Wildman–Crippen LogP) is 7.28. The zero-order valence-electron chi connectivity index (χ0n) is 22.1. The summed E-state index contributed by atoms with van der Waals surface area (Å²) >= 11 is 0. The molecule has 0 radical (unpaired) electrons. The Kier molecular flexibility index (Phi) is 8.39. The van der Waals surface area contributed by atoms with Crippen LogP contribution in [-0.4, -0.2) is 37.3 Å². The highest BCUT2D eigenvalue weighted by Gasteiger charge is 2.35. The number of aromatic amines is 2. The third-order valence-electron chi connectivity index (χ3n) is 6.94. The highest BCUT2D eigenvalue weighted by atomic mass is 16.2. The van der Waals surface area contributed by atoms with E-state index in [1.165, 1.54) is 5.56 Å². The van der Waals surface area contributed by atoms with Gasteiger partial charge in [-0.2, -0.15) is 0 Å². The molecular formula is C31H37N5O. The summed E-state index contributed by atoms with van der Waals surface area (Å²) in [5.74, 6) is 1.86. The summed E-state index contributed by atoms with van der Waals surface area (Å²) < 4.78 is 0. The number of hydrogen-bond donors (Lipinski definition) is 2. The molecule has 0 spiro atoms. The van der Waals surface area contributed by atoms with Gasteiger partial charge in [0.15, 0.2) is 0 Å². The molecule has 1 fully saturated rings. The van der Waals surface area contributed by atoms with Gasteiger partial charge in [0.25, 0.3) is 0 Å². The van der Waals surface area contributed by atoms with Crippen molar-refractivity contribution in [2.75, 3.05) is 6.54 Å². The number of H-pyrrole nitrogens is 2. The molecule has 0 bridgehead atoms. The minimum Gasteiger partial charge on any atom is -0.345 e. The van der Waals surface area contributed by atoms with E-state index in [9.17, 15) is 4.79 Å². The number of imidazole rings is 2. The molecule has 1 aliphatic rings. The topological polar surface area (TPSA) is 77.7 Å². The molecule has 6 heteroatoms.